The summed E-state index contributed by atoms with van der Waals surface area (Å²) < 4.78 is 27.5. The Balaban J connectivity index is 1.63. The molecule has 130 valence electrons. The number of nitrogens with zero attached hydrogens (tertiary/aromatic N) is 3. The van der Waals surface area contributed by atoms with Gasteiger partial charge in [0.1, 0.15) is 9.92 Å². The summed E-state index contributed by atoms with van der Waals surface area (Å²) in [4.78, 5) is 25.0. The topological polar surface area (TPSA) is 99.2 Å². The lowest BCUT2D eigenvalue weighted by molar-refractivity contribution is -0.125. The molecule has 1 saturated heterocycles. The summed E-state index contributed by atoms with van der Waals surface area (Å²) in [6, 6.07) is 3.27. The molecule has 0 radical (unpaired) electrons. The predicted molar refractivity (Wildman–Crippen MR) is 92.2 cm³/mol. The lowest BCUT2D eigenvalue weighted by atomic mass is 10.1. The largest absolute Gasteiger partial charge is 0.335 e. The Morgan fingerprint density at radius 2 is 1.92 bits per heavy atom. The number of sulfonamides is 1. The van der Waals surface area contributed by atoms with Crippen molar-refractivity contribution in [3.05, 3.63) is 15.9 Å². The number of rotatable bonds is 3. The lowest BCUT2D eigenvalue weighted by Gasteiger charge is -2.34. The molecule has 0 spiro atoms. The maximum atomic E-state index is 12.6. The molecule has 2 amide bonds. The van der Waals surface area contributed by atoms with Gasteiger partial charge in [-0.1, -0.05) is 0 Å². The highest BCUT2D eigenvalue weighted by Crippen LogP contribution is 2.29. The fraction of sp³-hybridized carbons (Fsp3) is 0.462. The Labute approximate surface area is 151 Å². The van der Waals surface area contributed by atoms with Crippen LogP contribution in [0.2, 0.25) is 0 Å². The predicted octanol–water partition coefficient (Wildman–Crippen LogP) is 0.610. The first kappa shape index (κ1) is 17.5. The molecule has 2 aliphatic rings. The van der Waals surface area contributed by atoms with Crippen molar-refractivity contribution in [1.82, 2.24) is 14.6 Å². The van der Waals surface area contributed by atoms with Crippen LogP contribution in [0.25, 0.3) is 0 Å². The summed E-state index contributed by atoms with van der Waals surface area (Å²) in [6.45, 7) is 1.08. The number of carbonyl (C=O) groups is 2. The number of halogens is 1. The summed E-state index contributed by atoms with van der Waals surface area (Å²) in [7, 11) is -3.53. The molecule has 0 unspecified atom stereocenters. The highest BCUT2D eigenvalue weighted by molar-refractivity contribution is 9.11. The van der Waals surface area contributed by atoms with Crippen molar-refractivity contribution < 1.29 is 18.0 Å². The average molecular weight is 435 g/mol. The fourth-order valence-electron chi connectivity index (χ4n) is 2.51. The zero-order valence-electron chi connectivity index (χ0n) is 12.6. The van der Waals surface area contributed by atoms with Crippen molar-refractivity contribution in [2.45, 2.75) is 17.1 Å². The molecule has 3 heterocycles. The van der Waals surface area contributed by atoms with Gasteiger partial charge < -0.3 is 4.90 Å². The van der Waals surface area contributed by atoms with Crippen LogP contribution in [0, 0.1) is 0 Å². The standard InChI is InChI=1S/C13H15BrN4O4S2/c14-10-2-4-12(23-10)24(21,22)18-7-5-17(6-8-18)13(20)9-1-3-11(19)16-15-9/h2,4H,1,3,5-8H2,(H,16,19). The van der Waals surface area contributed by atoms with Crippen LogP contribution in [0.1, 0.15) is 12.8 Å². The van der Waals surface area contributed by atoms with E-state index >= 15 is 0 Å². The van der Waals surface area contributed by atoms with Crippen LogP contribution in [0.15, 0.2) is 25.2 Å². The van der Waals surface area contributed by atoms with Gasteiger partial charge in [-0.3, -0.25) is 9.59 Å². The summed E-state index contributed by atoms with van der Waals surface area (Å²) >= 11 is 4.43. The number of hydrogen-bond donors (Lipinski definition) is 1. The Morgan fingerprint density at radius 1 is 1.21 bits per heavy atom. The smallest absolute Gasteiger partial charge is 0.270 e. The van der Waals surface area contributed by atoms with E-state index in [-0.39, 0.29) is 35.5 Å². The number of hydrogen-bond acceptors (Lipinski definition) is 6. The van der Waals surface area contributed by atoms with E-state index < -0.39 is 10.0 Å². The molecule has 1 aromatic heterocycles. The van der Waals surface area contributed by atoms with Gasteiger partial charge >= 0.3 is 0 Å². The van der Waals surface area contributed by atoms with Crippen molar-refractivity contribution in [2.75, 3.05) is 26.2 Å². The van der Waals surface area contributed by atoms with Crippen LogP contribution < -0.4 is 5.43 Å². The molecule has 3 rings (SSSR count). The first-order valence-corrected chi connectivity index (χ1v) is 10.3. The van der Waals surface area contributed by atoms with Crippen molar-refractivity contribution in [1.29, 1.82) is 0 Å². The van der Waals surface area contributed by atoms with Gasteiger partial charge in [0.15, 0.2) is 0 Å². The summed E-state index contributed by atoms with van der Waals surface area (Å²) in [5, 5.41) is 3.79. The average Bonchev–Trinajstić information content (AvgIpc) is 3.02. The Morgan fingerprint density at radius 3 is 2.46 bits per heavy atom. The number of amides is 2. The van der Waals surface area contributed by atoms with Crippen LogP contribution >= 0.6 is 27.3 Å². The molecule has 11 heteroatoms. The second-order valence-electron chi connectivity index (χ2n) is 5.35. The van der Waals surface area contributed by atoms with E-state index in [1.54, 1.807) is 17.0 Å². The molecule has 0 bridgehead atoms. The minimum atomic E-state index is -3.53. The lowest BCUT2D eigenvalue weighted by Crippen LogP contribution is -2.52. The fourth-order valence-corrected chi connectivity index (χ4v) is 6.09. The first-order valence-electron chi connectivity index (χ1n) is 7.28. The molecular formula is C13H15BrN4O4S2. The van der Waals surface area contributed by atoms with E-state index in [1.807, 2.05) is 0 Å². The van der Waals surface area contributed by atoms with Gasteiger partial charge in [0.05, 0.1) is 3.79 Å². The van der Waals surface area contributed by atoms with Crippen LogP contribution in [-0.4, -0.2) is 61.3 Å². The van der Waals surface area contributed by atoms with E-state index in [0.29, 0.717) is 25.2 Å². The number of piperazine rings is 1. The maximum absolute atomic E-state index is 12.6. The molecule has 1 fully saturated rings. The molecule has 0 aliphatic carbocycles. The number of carbonyl (C=O) groups excluding carboxylic acids is 2. The Kier molecular flexibility index (Phi) is 5.04. The van der Waals surface area contributed by atoms with Crippen LogP contribution in [0.4, 0.5) is 0 Å². The Bertz CT molecular complexity index is 797. The zero-order valence-corrected chi connectivity index (χ0v) is 15.8. The highest BCUT2D eigenvalue weighted by Gasteiger charge is 2.32. The van der Waals surface area contributed by atoms with Crippen molar-refractivity contribution in [3.8, 4) is 0 Å². The quantitative estimate of drug-likeness (QED) is 0.752. The van der Waals surface area contributed by atoms with Crippen molar-refractivity contribution in [3.63, 3.8) is 0 Å². The molecule has 1 aromatic rings. The van der Waals surface area contributed by atoms with Gasteiger partial charge in [-0.15, -0.1) is 11.3 Å². The second kappa shape index (κ2) is 6.90. The van der Waals surface area contributed by atoms with E-state index in [1.165, 1.54) is 15.6 Å². The monoisotopic (exact) mass is 434 g/mol. The van der Waals surface area contributed by atoms with E-state index in [2.05, 4.69) is 26.5 Å². The third-order valence-corrected chi connectivity index (χ3v) is 7.81. The molecule has 0 aromatic carbocycles. The van der Waals surface area contributed by atoms with E-state index in [4.69, 9.17) is 0 Å². The number of hydrazone groups is 1. The van der Waals surface area contributed by atoms with Crippen LogP contribution in [-0.2, 0) is 19.6 Å². The summed E-state index contributed by atoms with van der Waals surface area (Å²) in [5.41, 5.74) is 2.61. The van der Waals surface area contributed by atoms with E-state index in [9.17, 15) is 18.0 Å². The van der Waals surface area contributed by atoms with Gasteiger partial charge in [-0.2, -0.15) is 9.41 Å². The van der Waals surface area contributed by atoms with Crippen LogP contribution in [0.5, 0.6) is 0 Å². The minimum Gasteiger partial charge on any atom is -0.335 e. The molecule has 0 atom stereocenters. The third-order valence-electron chi connectivity index (χ3n) is 3.82. The molecule has 2 aliphatic heterocycles. The van der Waals surface area contributed by atoms with Crippen molar-refractivity contribution in [2.24, 2.45) is 5.10 Å². The van der Waals surface area contributed by atoms with Gasteiger partial charge in [0.2, 0.25) is 5.91 Å². The van der Waals surface area contributed by atoms with Crippen LogP contribution in [0.3, 0.4) is 0 Å². The summed E-state index contributed by atoms with van der Waals surface area (Å²) in [6.07, 6.45) is 0.554. The Hall–Kier alpha value is -1.30. The summed E-state index contributed by atoms with van der Waals surface area (Å²) in [5.74, 6) is -0.449. The van der Waals surface area contributed by atoms with Gasteiger partial charge in [-0.05, 0) is 28.1 Å². The molecule has 0 saturated carbocycles. The third kappa shape index (κ3) is 3.53. The van der Waals surface area contributed by atoms with Gasteiger partial charge in [-0.25, -0.2) is 13.8 Å². The zero-order chi connectivity index (χ0) is 17.3. The maximum Gasteiger partial charge on any atom is 0.270 e. The first-order chi connectivity index (χ1) is 11.4. The van der Waals surface area contributed by atoms with E-state index in [0.717, 1.165) is 3.79 Å². The van der Waals surface area contributed by atoms with Gasteiger partial charge in [0, 0.05) is 39.0 Å². The van der Waals surface area contributed by atoms with Gasteiger partial charge in [0.25, 0.3) is 15.9 Å². The minimum absolute atomic E-state index is 0.204. The number of thiophene rings is 1. The second-order valence-corrected chi connectivity index (χ2v) is 9.98. The molecular weight excluding hydrogens is 420 g/mol. The molecule has 8 nitrogen and oxygen atoms in total. The highest BCUT2D eigenvalue weighted by atomic mass is 79.9. The molecule has 1 N–H and O–H groups in total. The SMILES string of the molecule is O=C1CCC(C(=O)N2CCN(S(=O)(=O)c3ccc(Br)s3)CC2)=NN1. The normalized spacial score (nSPS) is 19.8. The number of nitrogens with one attached hydrogen (secondary N) is 1. The molecule has 24 heavy (non-hydrogen) atoms. The van der Waals surface area contributed by atoms with Crippen molar-refractivity contribution >= 4 is 54.8 Å².